The Labute approximate surface area is 152 Å². The van der Waals surface area contributed by atoms with Gasteiger partial charge in [-0.05, 0) is 43.7 Å². The zero-order valence-electron chi connectivity index (χ0n) is 14.6. The molecule has 4 rings (SSSR count). The van der Waals surface area contributed by atoms with Gasteiger partial charge in [0.05, 0.1) is 12.0 Å². The Morgan fingerprint density at radius 1 is 0.962 bits per heavy atom. The highest BCUT2D eigenvalue weighted by Crippen LogP contribution is 2.28. The van der Waals surface area contributed by atoms with Crippen LogP contribution in [0.5, 0.6) is 0 Å². The lowest BCUT2D eigenvalue weighted by Crippen LogP contribution is -2.32. The SMILES string of the molecule is Cc1ccc(C2=N/C(=C/c3ccco3)C(=O)N2c2cccc(C)c2)cc1. The minimum atomic E-state index is -0.164. The fourth-order valence-corrected chi connectivity index (χ4v) is 2.93. The maximum absolute atomic E-state index is 13.1. The lowest BCUT2D eigenvalue weighted by atomic mass is 10.1. The van der Waals surface area contributed by atoms with Crippen LogP contribution in [0, 0.1) is 13.8 Å². The Morgan fingerprint density at radius 3 is 2.46 bits per heavy atom. The third-order valence-corrected chi connectivity index (χ3v) is 4.25. The third kappa shape index (κ3) is 2.97. The highest BCUT2D eigenvalue weighted by molar-refractivity contribution is 6.33. The second-order valence-electron chi connectivity index (χ2n) is 6.33. The van der Waals surface area contributed by atoms with Crippen molar-refractivity contribution >= 4 is 23.5 Å². The van der Waals surface area contributed by atoms with Crippen molar-refractivity contribution in [3.63, 3.8) is 0 Å². The third-order valence-electron chi connectivity index (χ3n) is 4.25. The largest absolute Gasteiger partial charge is 0.465 e. The fourth-order valence-electron chi connectivity index (χ4n) is 2.93. The van der Waals surface area contributed by atoms with Crippen molar-refractivity contribution in [2.45, 2.75) is 13.8 Å². The van der Waals surface area contributed by atoms with Gasteiger partial charge in [0, 0.05) is 11.6 Å². The number of amides is 1. The van der Waals surface area contributed by atoms with Crippen LogP contribution in [0.1, 0.15) is 22.5 Å². The molecule has 1 aliphatic rings. The molecular weight excluding hydrogens is 324 g/mol. The highest BCUT2D eigenvalue weighted by atomic mass is 16.3. The summed E-state index contributed by atoms with van der Waals surface area (Å²) in [4.78, 5) is 19.4. The second kappa shape index (κ2) is 6.48. The second-order valence-corrected chi connectivity index (χ2v) is 6.33. The van der Waals surface area contributed by atoms with Crippen molar-refractivity contribution in [1.29, 1.82) is 0 Å². The Bertz CT molecular complexity index is 1010. The van der Waals surface area contributed by atoms with Crippen LogP contribution in [-0.2, 0) is 4.79 Å². The van der Waals surface area contributed by atoms with E-state index in [9.17, 15) is 4.79 Å². The van der Waals surface area contributed by atoms with E-state index < -0.39 is 0 Å². The van der Waals surface area contributed by atoms with E-state index >= 15 is 0 Å². The fraction of sp³-hybridized carbons (Fsp3) is 0.0909. The molecule has 1 aromatic heterocycles. The summed E-state index contributed by atoms with van der Waals surface area (Å²) in [5.74, 6) is 1.06. The molecule has 0 saturated heterocycles. The van der Waals surface area contributed by atoms with E-state index in [4.69, 9.17) is 4.42 Å². The molecule has 2 aromatic carbocycles. The number of hydrogen-bond acceptors (Lipinski definition) is 3. The monoisotopic (exact) mass is 342 g/mol. The van der Waals surface area contributed by atoms with E-state index in [-0.39, 0.29) is 5.91 Å². The van der Waals surface area contributed by atoms with Gasteiger partial charge in [-0.15, -0.1) is 0 Å². The van der Waals surface area contributed by atoms with Crippen LogP contribution in [-0.4, -0.2) is 11.7 Å². The van der Waals surface area contributed by atoms with E-state index in [0.29, 0.717) is 17.3 Å². The first kappa shape index (κ1) is 16.1. The van der Waals surface area contributed by atoms with Gasteiger partial charge in [0.25, 0.3) is 5.91 Å². The smallest absolute Gasteiger partial charge is 0.282 e. The van der Waals surface area contributed by atoms with Gasteiger partial charge >= 0.3 is 0 Å². The topological polar surface area (TPSA) is 45.8 Å². The van der Waals surface area contributed by atoms with Crippen LogP contribution in [0.2, 0.25) is 0 Å². The normalized spacial score (nSPS) is 15.6. The molecule has 4 heteroatoms. The van der Waals surface area contributed by atoms with E-state index in [2.05, 4.69) is 4.99 Å². The molecule has 128 valence electrons. The lowest BCUT2D eigenvalue weighted by molar-refractivity contribution is -0.113. The molecular formula is C22H18N2O2. The molecule has 1 aliphatic heterocycles. The van der Waals surface area contributed by atoms with Gasteiger partial charge in [0.15, 0.2) is 0 Å². The summed E-state index contributed by atoms with van der Waals surface area (Å²) in [5.41, 5.74) is 4.30. The van der Waals surface area contributed by atoms with Crippen molar-refractivity contribution in [3.8, 4) is 0 Å². The average molecular weight is 342 g/mol. The summed E-state index contributed by atoms with van der Waals surface area (Å²) < 4.78 is 5.34. The minimum Gasteiger partial charge on any atom is -0.465 e. The molecule has 0 atom stereocenters. The number of anilines is 1. The van der Waals surface area contributed by atoms with Gasteiger partial charge in [-0.3, -0.25) is 9.69 Å². The maximum Gasteiger partial charge on any atom is 0.282 e. The number of carbonyl (C=O) groups excluding carboxylic acids is 1. The van der Waals surface area contributed by atoms with Gasteiger partial charge in [-0.25, -0.2) is 4.99 Å². The van der Waals surface area contributed by atoms with E-state index in [1.807, 2.05) is 62.4 Å². The summed E-state index contributed by atoms with van der Waals surface area (Å²) in [6.45, 7) is 4.04. The zero-order valence-corrected chi connectivity index (χ0v) is 14.6. The number of carbonyl (C=O) groups is 1. The molecule has 26 heavy (non-hydrogen) atoms. The average Bonchev–Trinajstić information content (AvgIpc) is 3.25. The van der Waals surface area contributed by atoms with Gasteiger partial charge < -0.3 is 4.42 Å². The number of aryl methyl sites for hydroxylation is 2. The molecule has 0 fully saturated rings. The quantitative estimate of drug-likeness (QED) is 0.646. The van der Waals surface area contributed by atoms with Crippen molar-refractivity contribution < 1.29 is 9.21 Å². The number of hydrogen-bond donors (Lipinski definition) is 0. The molecule has 0 unspecified atom stereocenters. The number of amidine groups is 1. The molecule has 2 heterocycles. The Kier molecular flexibility index (Phi) is 4.01. The van der Waals surface area contributed by atoms with Crippen LogP contribution in [0.3, 0.4) is 0 Å². The summed E-state index contributed by atoms with van der Waals surface area (Å²) in [5, 5.41) is 0. The van der Waals surface area contributed by atoms with E-state index in [1.54, 1.807) is 29.4 Å². The summed E-state index contributed by atoms with van der Waals surface area (Å²) in [6.07, 6.45) is 3.25. The lowest BCUT2D eigenvalue weighted by Gasteiger charge is -2.19. The van der Waals surface area contributed by atoms with E-state index in [1.165, 1.54) is 0 Å². The van der Waals surface area contributed by atoms with Crippen LogP contribution >= 0.6 is 0 Å². The Hall–Kier alpha value is -3.40. The number of aliphatic imine (C=N–C) groups is 1. The number of nitrogens with zero attached hydrogens (tertiary/aromatic N) is 2. The van der Waals surface area contributed by atoms with Crippen LogP contribution < -0.4 is 4.90 Å². The van der Waals surface area contributed by atoms with Crippen molar-refractivity contribution in [3.05, 3.63) is 95.1 Å². The van der Waals surface area contributed by atoms with Gasteiger partial charge in [-0.2, -0.15) is 0 Å². The molecule has 3 aromatic rings. The highest BCUT2D eigenvalue weighted by Gasteiger charge is 2.32. The van der Waals surface area contributed by atoms with E-state index in [0.717, 1.165) is 22.4 Å². The summed E-state index contributed by atoms with van der Waals surface area (Å²) in [7, 11) is 0. The Morgan fingerprint density at radius 2 is 1.77 bits per heavy atom. The van der Waals surface area contributed by atoms with Crippen LogP contribution in [0.4, 0.5) is 5.69 Å². The molecule has 0 radical (unpaired) electrons. The maximum atomic E-state index is 13.1. The van der Waals surface area contributed by atoms with Crippen molar-refractivity contribution in [2.75, 3.05) is 4.90 Å². The standard InChI is InChI=1S/C22H18N2O2/c1-15-8-10-17(11-9-15)21-23-20(14-19-7-4-12-26-19)22(25)24(21)18-6-3-5-16(2)13-18/h3-14H,1-2H3/b20-14+. The van der Waals surface area contributed by atoms with Gasteiger partial charge in [0.1, 0.15) is 17.3 Å². The number of furan rings is 1. The molecule has 1 amide bonds. The number of benzene rings is 2. The minimum absolute atomic E-state index is 0.164. The summed E-state index contributed by atoms with van der Waals surface area (Å²) in [6, 6.07) is 19.5. The molecule has 0 bridgehead atoms. The molecule has 0 aliphatic carbocycles. The number of rotatable bonds is 3. The predicted octanol–water partition coefficient (Wildman–Crippen LogP) is 4.73. The molecule has 0 N–H and O–H groups in total. The molecule has 0 spiro atoms. The van der Waals surface area contributed by atoms with Crippen LogP contribution in [0.15, 0.2) is 82.0 Å². The van der Waals surface area contributed by atoms with Gasteiger partial charge in [0.2, 0.25) is 0 Å². The first-order valence-electron chi connectivity index (χ1n) is 8.44. The first-order chi connectivity index (χ1) is 12.6. The first-order valence-corrected chi connectivity index (χ1v) is 8.44. The predicted molar refractivity (Wildman–Crippen MR) is 103 cm³/mol. The zero-order chi connectivity index (χ0) is 18.1. The molecule has 0 saturated carbocycles. The Balaban J connectivity index is 1.84. The van der Waals surface area contributed by atoms with Crippen LogP contribution in [0.25, 0.3) is 6.08 Å². The van der Waals surface area contributed by atoms with Gasteiger partial charge in [-0.1, -0.05) is 42.0 Å². The molecule has 4 nitrogen and oxygen atoms in total. The van der Waals surface area contributed by atoms with Crippen molar-refractivity contribution in [2.24, 2.45) is 4.99 Å². The van der Waals surface area contributed by atoms with Crippen molar-refractivity contribution in [1.82, 2.24) is 0 Å². The summed E-state index contributed by atoms with van der Waals surface area (Å²) >= 11 is 0.